The summed E-state index contributed by atoms with van der Waals surface area (Å²) in [4.78, 5) is 32.2. The van der Waals surface area contributed by atoms with Crippen molar-refractivity contribution in [3.8, 4) is 0 Å². The van der Waals surface area contributed by atoms with Crippen LogP contribution in [0.4, 0.5) is 5.82 Å². The Labute approximate surface area is 136 Å². The number of rotatable bonds is 4. The van der Waals surface area contributed by atoms with Gasteiger partial charge in [0.2, 0.25) is 5.91 Å². The van der Waals surface area contributed by atoms with Crippen molar-refractivity contribution in [2.24, 2.45) is 5.41 Å². The largest absolute Gasteiger partial charge is 0.478 e. The van der Waals surface area contributed by atoms with E-state index in [9.17, 15) is 9.59 Å². The summed E-state index contributed by atoms with van der Waals surface area (Å²) in [5, 5.41) is 8.95. The smallest absolute Gasteiger partial charge is 0.337 e. The highest BCUT2D eigenvalue weighted by molar-refractivity contribution is 5.87. The third-order valence-electron chi connectivity index (χ3n) is 4.99. The SMILES string of the molecule is CCCN1CCC[C@]2(CCN(c3ccc(C(=O)O)cn3)C2)C1=O. The first-order chi connectivity index (χ1) is 11.1. The molecule has 2 aliphatic rings. The van der Waals surface area contributed by atoms with Crippen molar-refractivity contribution in [3.05, 3.63) is 23.9 Å². The standard InChI is InChI=1S/C17H23N3O3/c1-2-8-19-9-3-6-17(16(19)23)7-10-20(12-17)14-5-4-13(11-18-14)15(21)22/h4-5,11H,2-3,6-10,12H2,1H3,(H,21,22)/t17-/m1/s1. The zero-order valence-electron chi connectivity index (χ0n) is 13.5. The maximum atomic E-state index is 12.9. The number of carbonyl (C=O) groups excluding carboxylic acids is 1. The molecule has 6 heteroatoms. The Balaban J connectivity index is 1.74. The molecule has 23 heavy (non-hydrogen) atoms. The molecule has 124 valence electrons. The fourth-order valence-corrected chi connectivity index (χ4v) is 3.78. The summed E-state index contributed by atoms with van der Waals surface area (Å²) in [6.45, 7) is 5.30. The van der Waals surface area contributed by atoms with Crippen molar-refractivity contribution in [1.82, 2.24) is 9.88 Å². The number of aromatic carboxylic acids is 1. The summed E-state index contributed by atoms with van der Waals surface area (Å²) < 4.78 is 0. The third kappa shape index (κ3) is 2.90. The summed E-state index contributed by atoms with van der Waals surface area (Å²) >= 11 is 0. The molecule has 2 fully saturated rings. The molecule has 1 aromatic rings. The lowest BCUT2D eigenvalue weighted by Gasteiger charge is -2.39. The quantitative estimate of drug-likeness (QED) is 0.919. The Kier molecular flexibility index (Phi) is 4.24. The summed E-state index contributed by atoms with van der Waals surface area (Å²) in [6, 6.07) is 3.31. The second-order valence-corrected chi connectivity index (χ2v) is 6.56. The predicted molar refractivity (Wildman–Crippen MR) is 86.6 cm³/mol. The summed E-state index contributed by atoms with van der Waals surface area (Å²) in [7, 11) is 0. The number of hydrogen-bond donors (Lipinski definition) is 1. The molecule has 1 aromatic heterocycles. The zero-order chi connectivity index (χ0) is 16.4. The molecule has 0 aliphatic carbocycles. The number of carbonyl (C=O) groups is 2. The molecule has 1 N–H and O–H groups in total. The van der Waals surface area contributed by atoms with Gasteiger partial charge in [-0.2, -0.15) is 0 Å². The van der Waals surface area contributed by atoms with Gasteiger partial charge in [0.1, 0.15) is 5.82 Å². The average Bonchev–Trinajstić information content (AvgIpc) is 2.97. The number of hydrogen-bond acceptors (Lipinski definition) is 4. The monoisotopic (exact) mass is 317 g/mol. The van der Waals surface area contributed by atoms with E-state index in [1.165, 1.54) is 6.20 Å². The van der Waals surface area contributed by atoms with Crippen molar-refractivity contribution in [1.29, 1.82) is 0 Å². The van der Waals surface area contributed by atoms with E-state index < -0.39 is 5.97 Å². The normalized spacial score (nSPS) is 24.5. The van der Waals surface area contributed by atoms with Crippen LogP contribution < -0.4 is 4.90 Å². The molecule has 3 rings (SSSR count). The number of piperidine rings is 1. The highest BCUT2D eigenvalue weighted by Crippen LogP contribution is 2.41. The minimum atomic E-state index is -0.973. The van der Waals surface area contributed by atoms with Crippen LogP contribution in [0.25, 0.3) is 0 Å². The minimum absolute atomic E-state index is 0.186. The van der Waals surface area contributed by atoms with E-state index in [1.54, 1.807) is 12.1 Å². The lowest BCUT2D eigenvalue weighted by atomic mass is 9.78. The second kappa shape index (κ2) is 6.18. The van der Waals surface area contributed by atoms with Crippen LogP contribution in [-0.4, -0.2) is 53.0 Å². The molecule has 2 aliphatic heterocycles. The van der Waals surface area contributed by atoms with E-state index >= 15 is 0 Å². The van der Waals surface area contributed by atoms with Crippen molar-refractivity contribution < 1.29 is 14.7 Å². The fraction of sp³-hybridized carbons (Fsp3) is 0.588. The van der Waals surface area contributed by atoms with Gasteiger partial charge in [0.05, 0.1) is 11.0 Å². The van der Waals surface area contributed by atoms with Gasteiger partial charge in [-0.3, -0.25) is 4.79 Å². The molecule has 0 unspecified atom stereocenters. The van der Waals surface area contributed by atoms with Crippen LogP contribution in [-0.2, 0) is 4.79 Å². The van der Waals surface area contributed by atoms with E-state index in [0.717, 1.165) is 51.1 Å². The number of carboxylic acids is 1. The molecule has 1 amide bonds. The number of carboxylic acid groups (broad SMARTS) is 1. The molecule has 1 spiro atoms. The van der Waals surface area contributed by atoms with Crippen LogP contribution in [0.5, 0.6) is 0 Å². The molecule has 6 nitrogen and oxygen atoms in total. The first-order valence-corrected chi connectivity index (χ1v) is 8.29. The average molecular weight is 317 g/mol. The predicted octanol–water partition coefficient (Wildman–Crippen LogP) is 2.01. The molecule has 0 bridgehead atoms. The van der Waals surface area contributed by atoms with E-state index in [2.05, 4.69) is 16.8 Å². The van der Waals surface area contributed by atoms with Gasteiger partial charge in [0, 0.05) is 32.4 Å². The van der Waals surface area contributed by atoms with Gasteiger partial charge in [-0.1, -0.05) is 6.92 Å². The van der Waals surface area contributed by atoms with Gasteiger partial charge in [-0.25, -0.2) is 9.78 Å². The molecular formula is C17H23N3O3. The molecule has 2 saturated heterocycles. The highest BCUT2D eigenvalue weighted by Gasteiger charge is 2.48. The van der Waals surface area contributed by atoms with Crippen molar-refractivity contribution in [2.45, 2.75) is 32.6 Å². The van der Waals surface area contributed by atoms with Gasteiger partial charge < -0.3 is 14.9 Å². The zero-order valence-corrected chi connectivity index (χ0v) is 13.5. The van der Waals surface area contributed by atoms with Gasteiger partial charge in [0.15, 0.2) is 0 Å². The molecule has 3 heterocycles. The van der Waals surface area contributed by atoms with Crippen molar-refractivity contribution >= 4 is 17.7 Å². The Morgan fingerprint density at radius 3 is 2.83 bits per heavy atom. The van der Waals surface area contributed by atoms with Crippen molar-refractivity contribution in [2.75, 3.05) is 31.1 Å². The molecule has 1 atom stereocenters. The number of aromatic nitrogens is 1. The summed E-state index contributed by atoms with van der Waals surface area (Å²) in [5.41, 5.74) is -0.0915. The van der Waals surface area contributed by atoms with Gasteiger partial charge >= 0.3 is 5.97 Å². The summed E-state index contributed by atoms with van der Waals surface area (Å²) in [6.07, 6.45) is 5.23. The van der Waals surface area contributed by atoms with E-state index in [4.69, 9.17) is 5.11 Å². The number of likely N-dealkylation sites (tertiary alicyclic amines) is 1. The van der Waals surface area contributed by atoms with Gasteiger partial charge in [-0.15, -0.1) is 0 Å². The molecular weight excluding hydrogens is 294 g/mol. The maximum Gasteiger partial charge on any atom is 0.337 e. The number of amides is 1. The first-order valence-electron chi connectivity index (χ1n) is 8.29. The third-order valence-corrected chi connectivity index (χ3v) is 4.99. The Hall–Kier alpha value is -2.11. The lowest BCUT2D eigenvalue weighted by Crippen LogP contribution is -2.50. The Morgan fingerprint density at radius 2 is 2.17 bits per heavy atom. The second-order valence-electron chi connectivity index (χ2n) is 6.56. The maximum absolute atomic E-state index is 12.9. The van der Waals surface area contributed by atoms with E-state index in [-0.39, 0.29) is 16.9 Å². The Morgan fingerprint density at radius 1 is 1.35 bits per heavy atom. The van der Waals surface area contributed by atoms with Crippen LogP contribution in [0, 0.1) is 5.41 Å². The van der Waals surface area contributed by atoms with Crippen LogP contribution in [0.1, 0.15) is 43.0 Å². The fourth-order valence-electron chi connectivity index (χ4n) is 3.78. The van der Waals surface area contributed by atoms with Crippen LogP contribution in [0.15, 0.2) is 18.3 Å². The molecule has 0 radical (unpaired) electrons. The number of nitrogens with zero attached hydrogens (tertiary/aromatic N) is 3. The van der Waals surface area contributed by atoms with E-state index in [1.807, 2.05) is 4.90 Å². The van der Waals surface area contributed by atoms with Crippen LogP contribution in [0.3, 0.4) is 0 Å². The molecule has 0 saturated carbocycles. The van der Waals surface area contributed by atoms with Crippen molar-refractivity contribution in [3.63, 3.8) is 0 Å². The topological polar surface area (TPSA) is 73.7 Å². The molecule has 0 aromatic carbocycles. The minimum Gasteiger partial charge on any atom is -0.478 e. The van der Waals surface area contributed by atoms with Gasteiger partial charge in [-0.05, 0) is 37.8 Å². The first kappa shape index (κ1) is 15.8. The Bertz CT molecular complexity index is 600. The van der Waals surface area contributed by atoms with Crippen LogP contribution in [0.2, 0.25) is 0 Å². The highest BCUT2D eigenvalue weighted by atomic mass is 16.4. The van der Waals surface area contributed by atoms with E-state index in [0.29, 0.717) is 6.54 Å². The van der Waals surface area contributed by atoms with Gasteiger partial charge in [0.25, 0.3) is 0 Å². The summed E-state index contributed by atoms with van der Waals surface area (Å²) in [5.74, 6) is 0.0714. The number of pyridine rings is 1. The lowest BCUT2D eigenvalue weighted by molar-refractivity contribution is -0.145. The number of anilines is 1. The van der Waals surface area contributed by atoms with Crippen LogP contribution >= 0.6 is 0 Å².